The highest BCUT2D eigenvalue weighted by atomic mass is 16.5. The molecule has 0 aliphatic carbocycles. The predicted octanol–water partition coefficient (Wildman–Crippen LogP) is -1.20. The summed E-state index contributed by atoms with van der Waals surface area (Å²) in [6.07, 6.45) is -0.404. The Morgan fingerprint density at radius 1 is 1.90 bits per heavy atom. The van der Waals surface area contributed by atoms with E-state index in [1.807, 2.05) is 0 Å². The van der Waals surface area contributed by atoms with Crippen molar-refractivity contribution in [3.63, 3.8) is 0 Å². The van der Waals surface area contributed by atoms with Crippen LogP contribution in [-0.2, 0) is 9.53 Å². The van der Waals surface area contributed by atoms with Crippen LogP contribution in [0.1, 0.15) is 0 Å². The Morgan fingerprint density at radius 2 is 2.60 bits per heavy atom. The van der Waals surface area contributed by atoms with Crippen LogP contribution in [0.3, 0.4) is 0 Å². The quantitative estimate of drug-likeness (QED) is 0.503. The minimum absolute atomic E-state index is 0.00579. The molecule has 1 amide bonds. The first-order valence-corrected chi connectivity index (χ1v) is 3.32. The lowest BCUT2D eigenvalue weighted by Crippen LogP contribution is -2.48. The first-order valence-electron chi connectivity index (χ1n) is 3.32. The van der Waals surface area contributed by atoms with Gasteiger partial charge in [-0.05, 0) is 0 Å². The van der Waals surface area contributed by atoms with E-state index < -0.39 is 6.10 Å². The summed E-state index contributed by atoms with van der Waals surface area (Å²) in [5.41, 5.74) is 5.28. The fraction of sp³-hybridized carbons (Fsp3) is 0.833. The van der Waals surface area contributed by atoms with Gasteiger partial charge in [0.2, 0.25) is 0 Å². The Hall–Kier alpha value is -0.610. The third-order valence-electron chi connectivity index (χ3n) is 1.61. The second-order valence-corrected chi connectivity index (χ2v) is 2.35. The van der Waals surface area contributed by atoms with E-state index in [2.05, 4.69) is 0 Å². The lowest BCUT2D eigenvalue weighted by molar-refractivity contribution is -0.149. The van der Waals surface area contributed by atoms with Crippen molar-refractivity contribution in [2.24, 2.45) is 5.73 Å². The molecule has 0 aromatic carbocycles. The van der Waals surface area contributed by atoms with Gasteiger partial charge >= 0.3 is 0 Å². The number of morpholine rings is 1. The van der Waals surface area contributed by atoms with E-state index in [9.17, 15) is 4.79 Å². The maximum absolute atomic E-state index is 11.1. The van der Waals surface area contributed by atoms with Crippen molar-refractivity contribution >= 4 is 5.91 Å². The SMILES string of the molecule is CN1CCOC(CN)C1=O. The number of rotatable bonds is 1. The molecule has 0 saturated carbocycles. The fourth-order valence-corrected chi connectivity index (χ4v) is 0.928. The van der Waals surface area contributed by atoms with E-state index in [1.54, 1.807) is 11.9 Å². The van der Waals surface area contributed by atoms with Gasteiger partial charge in [-0.3, -0.25) is 4.79 Å². The van der Waals surface area contributed by atoms with E-state index in [0.29, 0.717) is 13.2 Å². The van der Waals surface area contributed by atoms with Gasteiger partial charge in [-0.25, -0.2) is 0 Å². The van der Waals surface area contributed by atoms with Crippen molar-refractivity contribution in [3.05, 3.63) is 0 Å². The molecule has 10 heavy (non-hydrogen) atoms. The summed E-state index contributed by atoms with van der Waals surface area (Å²) in [7, 11) is 1.76. The minimum atomic E-state index is -0.404. The highest BCUT2D eigenvalue weighted by molar-refractivity contribution is 5.81. The third-order valence-corrected chi connectivity index (χ3v) is 1.61. The van der Waals surface area contributed by atoms with Gasteiger partial charge in [0, 0.05) is 20.1 Å². The van der Waals surface area contributed by atoms with E-state index in [0.717, 1.165) is 0 Å². The van der Waals surface area contributed by atoms with Gasteiger partial charge in [0.1, 0.15) is 6.10 Å². The van der Waals surface area contributed by atoms with Gasteiger partial charge in [0.15, 0.2) is 0 Å². The average molecular weight is 144 g/mol. The van der Waals surface area contributed by atoms with E-state index >= 15 is 0 Å². The number of nitrogens with two attached hydrogens (primary N) is 1. The zero-order chi connectivity index (χ0) is 7.56. The Kier molecular flexibility index (Phi) is 2.24. The molecule has 1 unspecified atom stereocenters. The van der Waals surface area contributed by atoms with Crippen molar-refractivity contribution in [3.8, 4) is 0 Å². The summed E-state index contributed by atoms with van der Waals surface area (Å²) < 4.78 is 5.09. The zero-order valence-corrected chi connectivity index (χ0v) is 6.04. The molecular formula is C6H12N2O2. The molecule has 0 radical (unpaired) electrons. The Bertz CT molecular complexity index is 138. The molecule has 1 fully saturated rings. The van der Waals surface area contributed by atoms with Crippen molar-refractivity contribution in [1.82, 2.24) is 4.90 Å². The standard InChI is InChI=1S/C6H12N2O2/c1-8-2-3-10-5(4-7)6(8)9/h5H,2-4,7H2,1H3. The van der Waals surface area contributed by atoms with Crippen LogP contribution in [0.2, 0.25) is 0 Å². The Morgan fingerprint density at radius 3 is 3.10 bits per heavy atom. The Balaban J connectivity index is 2.51. The average Bonchev–Trinajstić information content (AvgIpc) is 1.95. The molecule has 1 saturated heterocycles. The molecule has 0 aromatic rings. The molecule has 4 nitrogen and oxygen atoms in total. The second kappa shape index (κ2) is 2.98. The number of hydrogen-bond acceptors (Lipinski definition) is 3. The van der Waals surface area contributed by atoms with E-state index in [-0.39, 0.29) is 12.5 Å². The van der Waals surface area contributed by atoms with Crippen LogP contribution in [0, 0.1) is 0 Å². The highest BCUT2D eigenvalue weighted by Gasteiger charge is 2.25. The topological polar surface area (TPSA) is 55.6 Å². The number of hydrogen-bond donors (Lipinski definition) is 1. The van der Waals surface area contributed by atoms with Gasteiger partial charge in [0.25, 0.3) is 5.91 Å². The monoisotopic (exact) mass is 144 g/mol. The number of carbonyl (C=O) groups is 1. The molecule has 1 heterocycles. The third kappa shape index (κ3) is 1.27. The first-order chi connectivity index (χ1) is 4.75. The smallest absolute Gasteiger partial charge is 0.252 e. The van der Waals surface area contributed by atoms with Gasteiger partial charge in [-0.1, -0.05) is 0 Å². The van der Waals surface area contributed by atoms with Crippen LogP contribution in [-0.4, -0.2) is 43.7 Å². The summed E-state index contributed by atoms with van der Waals surface area (Å²) in [6.45, 7) is 1.56. The van der Waals surface area contributed by atoms with Gasteiger partial charge in [-0.15, -0.1) is 0 Å². The Labute approximate surface area is 59.9 Å². The predicted molar refractivity (Wildman–Crippen MR) is 36.4 cm³/mol. The van der Waals surface area contributed by atoms with Crippen LogP contribution >= 0.6 is 0 Å². The summed E-state index contributed by atoms with van der Waals surface area (Å²) in [4.78, 5) is 12.7. The van der Waals surface area contributed by atoms with Crippen LogP contribution in [0.4, 0.5) is 0 Å². The molecule has 0 bridgehead atoms. The molecule has 1 aliphatic heterocycles. The second-order valence-electron chi connectivity index (χ2n) is 2.35. The zero-order valence-electron chi connectivity index (χ0n) is 6.04. The lowest BCUT2D eigenvalue weighted by atomic mass is 10.3. The maximum Gasteiger partial charge on any atom is 0.252 e. The number of ether oxygens (including phenoxy) is 1. The normalized spacial score (nSPS) is 27.2. The van der Waals surface area contributed by atoms with Crippen LogP contribution in [0.15, 0.2) is 0 Å². The van der Waals surface area contributed by atoms with Crippen molar-refractivity contribution in [2.45, 2.75) is 6.10 Å². The number of likely N-dealkylation sites (N-methyl/N-ethyl adjacent to an activating group) is 1. The summed E-state index contributed by atoms with van der Waals surface area (Å²) in [5.74, 6) is -0.00579. The molecule has 0 spiro atoms. The molecule has 1 rings (SSSR count). The van der Waals surface area contributed by atoms with E-state index in [4.69, 9.17) is 10.5 Å². The molecule has 58 valence electrons. The molecule has 0 aromatic heterocycles. The van der Waals surface area contributed by atoms with Crippen molar-refractivity contribution in [2.75, 3.05) is 26.7 Å². The van der Waals surface area contributed by atoms with Crippen molar-refractivity contribution < 1.29 is 9.53 Å². The molecular weight excluding hydrogens is 132 g/mol. The highest BCUT2D eigenvalue weighted by Crippen LogP contribution is 2.02. The van der Waals surface area contributed by atoms with Crippen LogP contribution < -0.4 is 5.73 Å². The van der Waals surface area contributed by atoms with Crippen LogP contribution in [0.25, 0.3) is 0 Å². The molecule has 1 aliphatic rings. The largest absolute Gasteiger partial charge is 0.365 e. The number of carbonyl (C=O) groups excluding carboxylic acids is 1. The number of nitrogens with zero attached hydrogens (tertiary/aromatic N) is 1. The molecule has 2 N–H and O–H groups in total. The van der Waals surface area contributed by atoms with E-state index in [1.165, 1.54) is 0 Å². The minimum Gasteiger partial charge on any atom is -0.365 e. The summed E-state index contributed by atoms with van der Waals surface area (Å²) in [6, 6.07) is 0. The van der Waals surface area contributed by atoms with Gasteiger partial charge < -0.3 is 15.4 Å². The summed E-state index contributed by atoms with van der Waals surface area (Å²) in [5, 5.41) is 0. The van der Waals surface area contributed by atoms with Crippen molar-refractivity contribution in [1.29, 1.82) is 0 Å². The van der Waals surface area contributed by atoms with Gasteiger partial charge in [-0.2, -0.15) is 0 Å². The van der Waals surface area contributed by atoms with Crippen LogP contribution in [0.5, 0.6) is 0 Å². The lowest BCUT2D eigenvalue weighted by Gasteiger charge is -2.28. The van der Waals surface area contributed by atoms with Gasteiger partial charge in [0.05, 0.1) is 6.61 Å². The summed E-state index contributed by atoms with van der Waals surface area (Å²) >= 11 is 0. The number of amides is 1. The molecule has 4 heteroatoms. The first kappa shape index (κ1) is 7.50. The molecule has 1 atom stereocenters. The maximum atomic E-state index is 11.1. The fourth-order valence-electron chi connectivity index (χ4n) is 0.928.